The van der Waals surface area contributed by atoms with Crippen molar-refractivity contribution in [2.45, 2.75) is 6.61 Å². The molecule has 0 fully saturated rings. The molecule has 0 bridgehead atoms. The normalized spacial score (nSPS) is 14.3. The van der Waals surface area contributed by atoms with Gasteiger partial charge in [0.15, 0.2) is 0 Å². The summed E-state index contributed by atoms with van der Waals surface area (Å²) in [4.78, 5) is 20.4. The van der Waals surface area contributed by atoms with E-state index in [1.165, 1.54) is 6.08 Å². The fraction of sp³-hybridized carbons (Fsp3) is 0.182. The van der Waals surface area contributed by atoms with Crippen molar-refractivity contribution in [3.8, 4) is 0 Å². The van der Waals surface area contributed by atoms with Gasteiger partial charge in [-0.3, -0.25) is 0 Å². The number of rotatable bonds is 3. The third-order valence-corrected chi connectivity index (χ3v) is 1.90. The van der Waals surface area contributed by atoms with Crippen molar-refractivity contribution in [1.82, 2.24) is 0 Å². The molecule has 0 aliphatic carbocycles. The number of esters is 1. The van der Waals surface area contributed by atoms with Gasteiger partial charge < -0.3 is 9.62 Å². The van der Waals surface area contributed by atoms with E-state index in [0.29, 0.717) is 0 Å². The van der Waals surface area contributed by atoms with Crippen LogP contribution >= 0.6 is 0 Å². The molecular formula is C11H10O4. The molecule has 0 saturated carbocycles. The monoisotopic (exact) mass is 206 g/mol. The van der Waals surface area contributed by atoms with Crippen LogP contribution in [0.2, 0.25) is 0 Å². The molecule has 0 radical (unpaired) electrons. The molecule has 0 N–H and O–H groups in total. The van der Waals surface area contributed by atoms with Crippen LogP contribution < -0.4 is 0 Å². The van der Waals surface area contributed by atoms with Crippen molar-refractivity contribution in [3.05, 3.63) is 47.7 Å². The molecular weight excluding hydrogens is 196 g/mol. The van der Waals surface area contributed by atoms with E-state index in [1.807, 2.05) is 30.3 Å². The number of hydrogen-bond donors (Lipinski definition) is 0. The van der Waals surface area contributed by atoms with Crippen LogP contribution in [0.3, 0.4) is 0 Å². The van der Waals surface area contributed by atoms with Crippen LogP contribution in [0, 0.1) is 0 Å². The zero-order valence-corrected chi connectivity index (χ0v) is 8.01. The summed E-state index contributed by atoms with van der Waals surface area (Å²) in [5.41, 5.74) is 0.936. The average Bonchev–Trinajstić information content (AvgIpc) is 2.81. The first-order valence-corrected chi connectivity index (χ1v) is 4.57. The Labute approximate surface area is 87.0 Å². The second-order valence-corrected chi connectivity index (χ2v) is 3.00. The molecule has 0 amide bonds. The maximum absolute atomic E-state index is 11.3. The highest BCUT2D eigenvalue weighted by molar-refractivity contribution is 5.86. The standard InChI is InChI=1S/C11H10O4/c12-11(10-6-7-14-15-10)13-8-9-4-2-1-3-5-9/h1-6H,7-8H2. The number of benzene rings is 1. The van der Waals surface area contributed by atoms with Gasteiger partial charge in [0.1, 0.15) is 13.2 Å². The van der Waals surface area contributed by atoms with E-state index in [9.17, 15) is 4.79 Å². The summed E-state index contributed by atoms with van der Waals surface area (Å²) in [6, 6.07) is 9.44. The first-order valence-electron chi connectivity index (χ1n) is 4.57. The molecule has 1 aliphatic heterocycles. The van der Waals surface area contributed by atoms with Crippen LogP contribution in [0.15, 0.2) is 42.2 Å². The van der Waals surface area contributed by atoms with E-state index in [1.54, 1.807) is 0 Å². The number of carbonyl (C=O) groups is 1. The maximum atomic E-state index is 11.3. The Hall–Kier alpha value is -1.81. The fourth-order valence-electron chi connectivity index (χ4n) is 1.15. The minimum absolute atomic E-state index is 0.117. The average molecular weight is 206 g/mol. The predicted molar refractivity (Wildman–Crippen MR) is 51.4 cm³/mol. The Bertz CT molecular complexity index is 369. The highest BCUT2D eigenvalue weighted by Gasteiger charge is 2.18. The third-order valence-electron chi connectivity index (χ3n) is 1.90. The summed E-state index contributed by atoms with van der Waals surface area (Å²) in [5.74, 6) is -0.387. The Kier molecular flexibility index (Phi) is 2.99. The molecule has 0 aromatic heterocycles. The highest BCUT2D eigenvalue weighted by Crippen LogP contribution is 2.10. The van der Waals surface area contributed by atoms with E-state index in [4.69, 9.17) is 4.74 Å². The van der Waals surface area contributed by atoms with Gasteiger partial charge in [-0.25, -0.2) is 4.79 Å². The van der Waals surface area contributed by atoms with E-state index < -0.39 is 5.97 Å². The number of hydrogen-bond acceptors (Lipinski definition) is 4. The van der Waals surface area contributed by atoms with E-state index in [-0.39, 0.29) is 19.0 Å². The topological polar surface area (TPSA) is 44.8 Å². The molecule has 4 nitrogen and oxygen atoms in total. The zero-order valence-electron chi connectivity index (χ0n) is 8.01. The summed E-state index contributed by atoms with van der Waals surface area (Å²) in [6.45, 7) is 0.524. The Morgan fingerprint density at radius 3 is 2.80 bits per heavy atom. The van der Waals surface area contributed by atoms with Crippen molar-refractivity contribution < 1.29 is 19.3 Å². The van der Waals surface area contributed by atoms with Crippen molar-refractivity contribution in [3.63, 3.8) is 0 Å². The Balaban J connectivity index is 1.86. The molecule has 4 heteroatoms. The van der Waals surface area contributed by atoms with E-state index in [0.717, 1.165) is 5.56 Å². The molecule has 0 atom stereocenters. The lowest BCUT2D eigenvalue weighted by atomic mass is 10.2. The first kappa shape index (κ1) is 9.73. The molecule has 2 rings (SSSR count). The smallest absolute Gasteiger partial charge is 0.377 e. The molecule has 0 saturated heterocycles. The lowest BCUT2D eigenvalue weighted by molar-refractivity contribution is -0.237. The summed E-state index contributed by atoms with van der Waals surface area (Å²) < 4.78 is 5.00. The largest absolute Gasteiger partial charge is 0.455 e. The quantitative estimate of drug-likeness (QED) is 0.556. The van der Waals surface area contributed by atoms with Gasteiger partial charge >= 0.3 is 5.97 Å². The molecule has 0 spiro atoms. The zero-order chi connectivity index (χ0) is 10.5. The van der Waals surface area contributed by atoms with Gasteiger partial charge in [0.2, 0.25) is 5.76 Å². The minimum Gasteiger partial charge on any atom is -0.455 e. The van der Waals surface area contributed by atoms with Crippen LogP contribution in [0.1, 0.15) is 5.56 Å². The fourth-order valence-corrected chi connectivity index (χ4v) is 1.15. The van der Waals surface area contributed by atoms with Crippen LogP contribution in [-0.4, -0.2) is 12.6 Å². The number of carbonyl (C=O) groups excluding carboxylic acids is 1. The lowest BCUT2D eigenvalue weighted by Crippen LogP contribution is -2.07. The highest BCUT2D eigenvalue weighted by atomic mass is 17.2. The van der Waals surface area contributed by atoms with Gasteiger partial charge in [-0.1, -0.05) is 30.3 Å². The van der Waals surface area contributed by atoms with Crippen molar-refractivity contribution in [2.24, 2.45) is 0 Å². The van der Waals surface area contributed by atoms with Crippen LogP contribution in [-0.2, 0) is 25.9 Å². The number of ether oxygens (including phenoxy) is 1. The molecule has 1 aliphatic rings. The van der Waals surface area contributed by atoms with Crippen LogP contribution in [0.4, 0.5) is 0 Å². The summed E-state index contributed by atoms with van der Waals surface area (Å²) in [5, 5.41) is 0. The molecule has 78 valence electrons. The molecule has 15 heavy (non-hydrogen) atoms. The second kappa shape index (κ2) is 4.61. The van der Waals surface area contributed by atoms with Gasteiger partial charge in [0.05, 0.1) is 0 Å². The first-order chi connectivity index (χ1) is 7.36. The van der Waals surface area contributed by atoms with Gasteiger partial charge in [0, 0.05) is 0 Å². The molecule has 1 aromatic rings. The van der Waals surface area contributed by atoms with Crippen LogP contribution in [0.5, 0.6) is 0 Å². The van der Waals surface area contributed by atoms with E-state index in [2.05, 4.69) is 9.78 Å². The Morgan fingerprint density at radius 2 is 2.13 bits per heavy atom. The van der Waals surface area contributed by atoms with E-state index >= 15 is 0 Å². The van der Waals surface area contributed by atoms with Crippen molar-refractivity contribution in [1.29, 1.82) is 0 Å². The SMILES string of the molecule is O=C(OCc1ccccc1)C1=CCOO1. The summed E-state index contributed by atoms with van der Waals surface area (Å²) in [7, 11) is 0. The summed E-state index contributed by atoms with van der Waals surface area (Å²) in [6.07, 6.45) is 1.54. The molecule has 0 unspecified atom stereocenters. The van der Waals surface area contributed by atoms with Crippen molar-refractivity contribution in [2.75, 3.05) is 6.61 Å². The predicted octanol–water partition coefficient (Wildman–Crippen LogP) is 1.58. The van der Waals surface area contributed by atoms with Gasteiger partial charge in [-0.2, -0.15) is 4.89 Å². The molecule has 1 aromatic carbocycles. The Morgan fingerprint density at radius 1 is 1.33 bits per heavy atom. The second-order valence-electron chi connectivity index (χ2n) is 3.00. The van der Waals surface area contributed by atoms with Crippen molar-refractivity contribution >= 4 is 5.97 Å². The maximum Gasteiger partial charge on any atom is 0.377 e. The van der Waals surface area contributed by atoms with Gasteiger partial charge in [0.25, 0.3) is 0 Å². The summed E-state index contributed by atoms with van der Waals surface area (Å²) >= 11 is 0. The minimum atomic E-state index is -0.503. The van der Waals surface area contributed by atoms with Gasteiger partial charge in [-0.15, -0.1) is 0 Å². The molecule has 1 heterocycles. The van der Waals surface area contributed by atoms with Crippen LogP contribution in [0.25, 0.3) is 0 Å². The third kappa shape index (κ3) is 2.57. The van der Waals surface area contributed by atoms with Gasteiger partial charge in [-0.05, 0) is 11.6 Å². The lowest BCUT2D eigenvalue weighted by Gasteiger charge is -2.03.